The summed E-state index contributed by atoms with van der Waals surface area (Å²) in [5.41, 5.74) is 4.13. The fourth-order valence-electron chi connectivity index (χ4n) is 4.21. The Labute approximate surface area is 182 Å². The van der Waals surface area contributed by atoms with E-state index in [4.69, 9.17) is 0 Å². The minimum Gasteiger partial charge on any atom is -0.368 e. The quantitative estimate of drug-likeness (QED) is 0.554. The third-order valence-corrected chi connectivity index (χ3v) is 6.27. The van der Waals surface area contributed by atoms with E-state index in [1.807, 2.05) is 6.07 Å². The van der Waals surface area contributed by atoms with Crippen LogP contribution in [0, 0.1) is 26.7 Å². The molecule has 0 atom stereocenters. The van der Waals surface area contributed by atoms with Crippen molar-refractivity contribution in [2.24, 2.45) is 5.92 Å². The Morgan fingerprint density at radius 1 is 1.06 bits per heavy atom. The van der Waals surface area contributed by atoms with Gasteiger partial charge in [-0.1, -0.05) is 12.1 Å². The highest BCUT2D eigenvalue weighted by molar-refractivity contribution is 6.43. The molecule has 7 nitrogen and oxygen atoms in total. The Kier molecular flexibility index (Phi) is 5.85. The first-order valence-electron chi connectivity index (χ1n) is 11.0. The van der Waals surface area contributed by atoms with Gasteiger partial charge in [0, 0.05) is 44.1 Å². The maximum atomic E-state index is 13.0. The Morgan fingerprint density at radius 3 is 2.42 bits per heavy atom. The molecule has 1 saturated heterocycles. The number of hydrogen-bond acceptors (Lipinski definition) is 4. The van der Waals surface area contributed by atoms with Crippen LogP contribution in [0.15, 0.2) is 24.3 Å². The highest BCUT2D eigenvalue weighted by Gasteiger charge is 2.31. The number of ketones is 1. The van der Waals surface area contributed by atoms with E-state index in [0.717, 1.165) is 18.5 Å². The molecule has 2 aromatic rings. The number of hydrogen-bond donors (Lipinski definition) is 2. The largest absolute Gasteiger partial charge is 0.368 e. The number of nitrogens with zero attached hydrogens (tertiary/aromatic N) is 2. The lowest BCUT2D eigenvalue weighted by Crippen LogP contribution is -2.50. The number of rotatable bonds is 6. The summed E-state index contributed by atoms with van der Waals surface area (Å²) >= 11 is 0. The van der Waals surface area contributed by atoms with Gasteiger partial charge in [-0.2, -0.15) is 0 Å². The van der Waals surface area contributed by atoms with Gasteiger partial charge in [0.25, 0.3) is 17.6 Å². The topological polar surface area (TPSA) is 85.5 Å². The second-order valence-electron chi connectivity index (χ2n) is 8.73. The summed E-state index contributed by atoms with van der Waals surface area (Å²) in [4.78, 5) is 45.3. The number of H-pyrrole nitrogens is 1. The van der Waals surface area contributed by atoms with Crippen LogP contribution in [-0.2, 0) is 4.79 Å². The first-order valence-corrected chi connectivity index (χ1v) is 11.0. The maximum Gasteiger partial charge on any atom is 0.295 e. The van der Waals surface area contributed by atoms with Crippen molar-refractivity contribution < 1.29 is 14.4 Å². The van der Waals surface area contributed by atoms with Crippen LogP contribution in [0.25, 0.3) is 0 Å². The number of amides is 2. The SMILES string of the molecule is Cc1cccc(N2CCN(C(=O)C(=O)c3c(C)[nH]c(C(=O)NCC4CC4)c3C)CC2)c1. The first kappa shape index (κ1) is 21.2. The van der Waals surface area contributed by atoms with Crippen LogP contribution in [0.2, 0.25) is 0 Å². The number of anilines is 1. The molecule has 2 fully saturated rings. The fraction of sp³-hybridized carbons (Fsp3) is 0.458. The number of Topliss-reactive ketones (excluding diaryl/α,β-unsaturated/α-hetero) is 1. The average Bonchev–Trinajstić information content (AvgIpc) is 3.55. The molecular weight excluding hydrogens is 392 g/mol. The van der Waals surface area contributed by atoms with E-state index in [9.17, 15) is 14.4 Å². The summed E-state index contributed by atoms with van der Waals surface area (Å²) in [6, 6.07) is 8.29. The van der Waals surface area contributed by atoms with Crippen molar-refractivity contribution in [1.29, 1.82) is 0 Å². The summed E-state index contributed by atoms with van der Waals surface area (Å²) in [5, 5.41) is 2.92. The lowest BCUT2D eigenvalue weighted by Gasteiger charge is -2.36. The smallest absolute Gasteiger partial charge is 0.295 e. The second-order valence-corrected chi connectivity index (χ2v) is 8.73. The van der Waals surface area contributed by atoms with Gasteiger partial charge >= 0.3 is 0 Å². The number of aromatic amines is 1. The molecular formula is C24H30N4O3. The Balaban J connectivity index is 1.41. The van der Waals surface area contributed by atoms with Crippen LogP contribution in [-0.4, -0.2) is 60.2 Å². The summed E-state index contributed by atoms with van der Waals surface area (Å²) in [5.74, 6) is -0.692. The summed E-state index contributed by atoms with van der Waals surface area (Å²) in [6.45, 7) is 8.54. The van der Waals surface area contributed by atoms with E-state index in [2.05, 4.69) is 40.3 Å². The monoisotopic (exact) mass is 422 g/mol. The van der Waals surface area contributed by atoms with Crippen molar-refractivity contribution in [3.8, 4) is 0 Å². The van der Waals surface area contributed by atoms with E-state index in [1.54, 1.807) is 18.7 Å². The molecule has 2 aliphatic rings. The maximum absolute atomic E-state index is 13.0. The molecule has 1 aromatic carbocycles. The van der Waals surface area contributed by atoms with Gasteiger partial charge in [0.1, 0.15) is 5.69 Å². The van der Waals surface area contributed by atoms with Crippen LogP contribution in [0.5, 0.6) is 0 Å². The molecule has 164 valence electrons. The second kappa shape index (κ2) is 8.57. The van der Waals surface area contributed by atoms with E-state index >= 15 is 0 Å². The normalized spacial score (nSPS) is 16.4. The van der Waals surface area contributed by atoms with Gasteiger partial charge in [0.2, 0.25) is 0 Å². The molecule has 1 aliphatic carbocycles. The molecule has 1 saturated carbocycles. The van der Waals surface area contributed by atoms with Crippen molar-refractivity contribution in [3.63, 3.8) is 0 Å². The number of carbonyl (C=O) groups is 3. The van der Waals surface area contributed by atoms with Gasteiger partial charge in [0.15, 0.2) is 0 Å². The predicted molar refractivity (Wildman–Crippen MR) is 120 cm³/mol. The molecule has 4 rings (SSSR count). The van der Waals surface area contributed by atoms with Crippen LogP contribution in [0.4, 0.5) is 5.69 Å². The summed E-state index contributed by atoms with van der Waals surface area (Å²) < 4.78 is 0. The summed E-state index contributed by atoms with van der Waals surface area (Å²) in [6.07, 6.45) is 2.30. The number of aryl methyl sites for hydroxylation is 2. The van der Waals surface area contributed by atoms with Crippen molar-refractivity contribution in [2.45, 2.75) is 33.6 Å². The zero-order valence-electron chi connectivity index (χ0n) is 18.5. The minimum atomic E-state index is -0.545. The Hall–Kier alpha value is -3.09. The van der Waals surface area contributed by atoms with Crippen molar-refractivity contribution in [2.75, 3.05) is 37.6 Å². The number of aromatic nitrogens is 1. The molecule has 2 N–H and O–H groups in total. The lowest BCUT2D eigenvalue weighted by atomic mass is 10.0. The highest BCUT2D eigenvalue weighted by atomic mass is 16.2. The van der Waals surface area contributed by atoms with E-state index in [1.165, 1.54) is 5.56 Å². The van der Waals surface area contributed by atoms with Crippen molar-refractivity contribution >= 4 is 23.3 Å². The molecule has 31 heavy (non-hydrogen) atoms. The Morgan fingerprint density at radius 2 is 1.77 bits per heavy atom. The molecule has 2 heterocycles. The zero-order chi connectivity index (χ0) is 22.1. The molecule has 0 radical (unpaired) electrons. The standard InChI is InChI=1S/C24H30N4O3/c1-15-5-4-6-19(13-15)27-9-11-28(12-10-27)24(31)22(29)20-16(2)21(26-17(20)3)23(30)25-14-18-7-8-18/h4-6,13,18,26H,7-12,14H2,1-3H3,(H,25,30). The first-order chi connectivity index (χ1) is 14.8. The van der Waals surface area contributed by atoms with Crippen LogP contribution < -0.4 is 10.2 Å². The number of nitrogens with one attached hydrogen (secondary N) is 2. The minimum absolute atomic E-state index is 0.217. The van der Waals surface area contributed by atoms with Gasteiger partial charge in [-0.15, -0.1) is 0 Å². The molecule has 2 amide bonds. The molecule has 0 spiro atoms. The number of carbonyl (C=O) groups excluding carboxylic acids is 3. The fourth-order valence-corrected chi connectivity index (χ4v) is 4.21. The highest BCUT2D eigenvalue weighted by Crippen LogP contribution is 2.28. The molecule has 1 aromatic heterocycles. The van der Waals surface area contributed by atoms with Gasteiger partial charge in [0.05, 0.1) is 5.56 Å². The third-order valence-electron chi connectivity index (χ3n) is 6.27. The average molecular weight is 423 g/mol. The Bertz CT molecular complexity index is 1010. The van der Waals surface area contributed by atoms with Gasteiger partial charge in [-0.3, -0.25) is 14.4 Å². The van der Waals surface area contributed by atoms with Gasteiger partial charge < -0.3 is 20.1 Å². The third kappa shape index (κ3) is 4.50. The summed E-state index contributed by atoms with van der Waals surface area (Å²) in [7, 11) is 0. The molecule has 1 aliphatic heterocycles. The zero-order valence-corrected chi connectivity index (χ0v) is 18.5. The molecule has 0 bridgehead atoms. The number of piperazine rings is 1. The van der Waals surface area contributed by atoms with Crippen molar-refractivity contribution in [3.05, 3.63) is 52.3 Å². The van der Waals surface area contributed by atoms with E-state index < -0.39 is 11.7 Å². The van der Waals surface area contributed by atoms with Gasteiger partial charge in [-0.05, 0) is 62.8 Å². The number of benzene rings is 1. The lowest BCUT2D eigenvalue weighted by molar-refractivity contribution is -0.126. The van der Waals surface area contributed by atoms with Crippen LogP contribution in [0.1, 0.15) is 50.5 Å². The van der Waals surface area contributed by atoms with Gasteiger partial charge in [-0.25, -0.2) is 0 Å². The molecule has 0 unspecified atom stereocenters. The molecule has 7 heteroatoms. The van der Waals surface area contributed by atoms with E-state index in [0.29, 0.717) is 61.2 Å². The van der Waals surface area contributed by atoms with Crippen molar-refractivity contribution in [1.82, 2.24) is 15.2 Å². The predicted octanol–water partition coefficient (Wildman–Crippen LogP) is 2.61. The van der Waals surface area contributed by atoms with Crippen LogP contribution in [0.3, 0.4) is 0 Å². The van der Waals surface area contributed by atoms with E-state index in [-0.39, 0.29) is 5.91 Å². The van der Waals surface area contributed by atoms with Crippen LogP contribution >= 0.6 is 0 Å².